The fourth-order valence-electron chi connectivity index (χ4n) is 2.48. The van der Waals surface area contributed by atoms with Crippen LogP contribution in [0.3, 0.4) is 0 Å². The molecule has 0 aromatic rings. The average Bonchev–Trinajstić information content (AvgIpc) is 2.57. The van der Waals surface area contributed by atoms with Crippen molar-refractivity contribution in [3.8, 4) is 0 Å². The van der Waals surface area contributed by atoms with Crippen molar-refractivity contribution in [2.75, 3.05) is 6.61 Å². The van der Waals surface area contributed by atoms with Crippen LogP contribution in [0.2, 0.25) is 0 Å². The predicted octanol–water partition coefficient (Wildman–Crippen LogP) is 4.90. The van der Waals surface area contributed by atoms with Gasteiger partial charge in [-0.3, -0.25) is 9.59 Å². The molecular weight excluding hydrogens is 316 g/mol. The van der Waals surface area contributed by atoms with Crippen molar-refractivity contribution < 1.29 is 19.4 Å². The van der Waals surface area contributed by atoms with Crippen LogP contribution in [0, 0.1) is 0 Å². The summed E-state index contributed by atoms with van der Waals surface area (Å²) in [4.78, 5) is 22.2. The number of hydrogen-bond acceptors (Lipinski definition) is 4. The summed E-state index contributed by atoms with van der Waals surface area (Å²) >= 11 is 0. The molecule has 0 saturated heterocycles. The maximum Gasteiger partial charge on any atom is 0.302 e. The number of ketones is 1. The van der Waals surface area contributed by atoms with Crippen LogP contribution in [0.25, 0.3) is 0 Å². The standard InChI is InChI=1S/C21H36O4/c1-3-4-5-6-7-8-9-10-11-12-13-14-15-16-20(23)17-21(24)18-25-19(2)22/h4-5,15-16,21,24H,3,6-14,17-18H2,1-2H3/b5-4+,16-15+. The highest BCUT2D eigenvalue weighted by atomic mass is 16.5. The van der Waals surface area contributed by atoms with Crippen molar-refractivity contribution >= 4 is 11.8 Å². The van der Waals surface area contributed by atoms with Crippen LogP contribution < -0.4 is 0 Å². The molecule has 0 aromatic heterocycles. The first-order valence-electron chi connectivity index (χ1n) is 9.72. The summed E-state index contributed by atoms with van der Waals surface area (Å²) in [6.45, 7) is 3.32. The van der Waals surface area contributed by atoms with E-state index in [1.807, 2.05) is 6.08 Å². The highest BCUT2D eigenvalue weighted by Crippen LogP contribution is 2.10. The first-order valence-corrected chi connectivity index (χ1v) is 9.72. The van der Waals surface area contributed by atoms with E-state index >= 15 is 0 Å². The Balaban J connectivity index is 3.43. The molecule has 4 nitrogen and oxygen atoms in total. The third-order valence-corrected chi connectivity index (χ3v) is 3.86. The van der Waals surface area contributed by atoms with Gasteiger partial charge in [-0.25, -0.2) is 0 Å². The number of aliphatic hydroxyl groups excluding tert-OH is 1. The van der Waals surface area contributed by atoms with E-state index in [4.69, 9.17) is 0 Å². The number of rotatable bonds is 16. The van der Waals surface area contributed by atoms with Crippen LogP contribution >= 0.6 is 0 Å². The second-order valence-electron chi connectivity index (χ2n) is 6.46. The van der Waals surface area contributed by atoms with Crippen molar-refractivity contribution in [3.05, 3.63) is 24.3 Å². The van der Waals surface area contributed by atoms with Crippen LogP contribution in [-0.4, -0.2) is 29.6 Å². The van der Waals surface area contributed by atoms with Gasteiger partial charge in [-0.2, -0.15) is 0 Å². The number of unbranched alkanes of at least 4 members (excludes halogenated alkanes) is 8. The van der Waals surface area contributed by atoms with Crippen molar-refractivity contribution in [3.63, 3.8) is 0 Å². The van der Waals surface area contributed by atoms with E-state index in [2.05, 4.69) is 23.8 Å². The summed E-state index contributed by atoms with van der Waals surface area (Å²) in [6, 6.07) is 0. The average molecular weight is 353 g/mol. The Morgan fingerprint density at radius 2 is 1.48 bits per heavy atom. The van der Waals surface area contributed by atoms with E-state index in [9.17, 15) is 14.7 Å². The van der Waals surface area contributed by atoms with Gasteiger partial charge in [0.25, 0.3) is 0 Å². The van der Waals surface area contributed by atoms with E-state index in [1.165, 1.54) is 57.9 Å². The first-order chi connectivity index (χ1) is 12.1. The maximum atomic E-state index is 11.6. The van der Waals surface area contributed by atoms with Gasteiger partial charge in [0.2, 0.25) is 0 Å². The van der Waals surface area contributed by atoms with Crippen LogP contribution in [0.1, 0.15) is 84.5 Å². The highest BCUT2D eigenvalue weighted by Gasteiger charge is 2.09. The molecule has 25 heavy (non-hydrogen) atoms. The second kappa shape index (κ2) is 17.4. The number of carbonyl (C=O) groups is 2. The monoisotopic (exact) mass is 352 g/mol. The predicted molar refractivity (Wildman–Crippen MR) is 102 cm³/mol. The number of ether oxygens (including phenoxy) is 1. The van der Waals surface area contributed by atoms with Gasteiger partial charge in [0.15, 0.2) is 5.78 Å². The first kappa shape index (κ1) is 23.6. The van der Waals surface area contributed by atoms with E-state index < -0.39 is 12.1 Å². The van der Waals surface area contributed by atoms with Gasteiger partial charge in [0.1, 0.15) is 6.61 Å². The zero-order valence-electron chi connectivity index (χ0n) is 16.0. The van der Waals surface area contributed by atoms with Crippen LogP contribution in [0.15, 0.2) is 24.3 Å². The van der Waals surface area contributed by atoms with Gasteiger partial charge in [0, 0.05) is 13.3 Å². The number of esters is 1. The summed E-state index contributed by atoms with van der Waals surface area (Å²) in [5.41, 5.74) is 0. The molecule has 0 aliphatic rings. The Morgan fingerprint density at radius 3 is 2.04 bits per heavy atom. The summed E-state index contributed by atoms with van der Waals surface area (Å²) in [7, 11) is 0. The lowest BCUT2D eigenvalue weighted by molar-refractivity contribution is -0.144. The molecule has 0 spiro atoms. The molecule has 1 N–H and O–H groups in total. The molecule has 144 valence electrons. The summed E-state index contributed by atoms with van der Waals surface area (Å²) in [5, 5.41) is 9.54. The lowest BCUT2D eigenvalue weighted by Gasteiger charge is -2.07. The Morgan fingerprint density at radius 1 is 0.920 bits per heavy atom. The molecule has 0 amide bonds. The molecule has 1 atom stereocenters. The molecule has 0 saturated carbocycles. The third-order valence-electron chi connectivity index (χ3n) is 3.86. The lowest BCUT2D eigenvalue weighted by atomic mass is 10.1. The normalized spacial score (nSPS) is 12.8. The smallest absolute Gasteiger partial charge is 0.302 e. The lowest BCUT2D eigenvalue weighted by Crippen LogP contribution is -2.20. The van der Waals surface area contributed by atoms with E-state index in [-0.39, 0.29) is 18.8 Å². The molecule has 0 rings (SSSR count). The Hall–Kier alpha value is -1.42. The van der Waals surface area contributed by atoms with Gasteiger partial charge in [-0.1, -0.05) is 57.3 Å². The molecule has 0 heterocycles. The molecule has 4 heteroatoms. The summed E-state index contributed by atoms with van der Waals surface area (Å²) in [6.07, 6.45) is 19.0. The van der Waals surface area contributed by atoms with E-state index in [0.29, 0.717) is 0 Å². The van der Waals surface area contributed by atoms with Gasteiger partial charge >= 0.3 is 5.97 Å². The molecule has 1 unspecified atom stereocenters. The minimum absolute atomic E-state index is 0.00275. The van der Waals surface area contributed by atoms with Gasteiger partial charge in [-0.05, 0) is 38.2 Å². The molecule has 0 aromatic carbocycles. The Labute approximate surface area is 153 Å². The largest absolute Gasteiger partial charge is 0.463 e. The third kappa shape index (κ3) is 18.8. The summed E-state index contributed by atoms with van der Waals surface area (Å²) < 4.78 is 4.66. The molecule has 0 fully saturated rings. The molecule has 0 aliphatic heterocycles. The van der Waals surface area contributed by atoms with Crippen LogP contribution in [0.5, 0.6) is 0 Å². The molecule has 0 radical (unpaired) electrons. The Bertz CT molecular complexity index is 399. The van der Waals surface area contributed by atoms with Crippen molar-refractivity contribution in [2.45, 2.75) is 90.6 Å². The Kier molecular flexibility index (Phi) is 16.4. The number of carbonyl (C=O) groups excluding carboxylic acids is 2. The number of allylic oxidation sites excluding steroid dienone is 4. The highest BCUT2D eigenvalue weighted by molar-refractivity contribution is 5.89. The van der Waals surface area contributed by atoms with Gasteiger partial charge < -0.3 is 9.84 Å². The van der Waals surface area contributed by atoms with Gasteiger partial charge in [-0.15, -0.1) is 0 Å². The summed E-state index contributed by atoms with van der Waals surface area (Å²) in [5.74, 6) is -0.577. The second-order valence-corrected chi connectivity index (χ2v) is 6.46. The SMILES string of the molecule is CC/C=C/CCCCCCCCC/C=C/C(=O)CC(O)COC(C)=O. The minimum atomic E-state index is -0.918. The minimum Gasteiger partial charge on any atom is -0.463 e. The maximum absolute atomic E-state index is 11.6. The fraction of sp³-hybridized carbons (Fsp3) is 0.714. The molecular formula is C21H36O4. The topological polar surface area (TPSA) is 63.6 Å². The number of aliphatic hydroxyl groups is 1. The van der Waals surface area contributed by atoms with E-state index in [1.54, 1.807) is 0 Å². The zero-order chi connectivity index (χ0) is 18.8. The van der Waals surface area contributed by atoms with Crippen molar-refractivity contribution in [2.24, 2.45) is 0 Å². The van der Waals surface area contributed by atoms with Crippen LogP contribution in [-0.2, 0) is 14.3 Å². The quantitative estimate of drug-likeness (QED) is 0.186. The number of hydrogen-bond donors (Lipinski definition) is 1. The van der Waals surface area contributed by atoms with Gasteiger partial charge in [0.05, 0.1) is 6.10 Å². The van der Waals surface area contributed by atoms with E-state index in [0.717, 1.165) is 19.3 Å². The van der Waals surface area contributed by atoms with Crippen molar-refractivity contribution in [1.29, 1.82) is 0 Å². The van der Waals surface area contributed by atoms with Crippen molar-refractivity contribution in [1.82, 2.24) is 0 Å². The fourth-order valence-corrected chi connectivity index (χ4v) is 2.48. The molecule has 0 aliphatic carbocycles. The van der Waals surface area contributed by atoms with Crippen LogP contribution in [0.4, 0.5) is 0 Å². The zero-order valence-corrected chi connectivity index (χ0v) is 16.0. The molecule has 0 bridgehead atoms.